The topological polar surface area (TPSA) is 90.9 Å². The molecule has 2 fully saturated rings. The van der Waals surface area contributed by atoms with Crippen LogP contribution in [0.25, 0.3) is 11.8 Å². The first kappa shape index (κ1) is 23.0. The number of aromatic nitrogens is 3. The largest absolute Gasteiger partial charge is 2.00 e. The van der Waals surface area contributed by atoms with Crippen LogP contribution in [0.5, 0.6) is 0 Å². The number of benzene rings is 1. The van der Waals surface area contributed by atoms with E-state index in [1.165, 1.54) is 29.5 Å². The van der Waals surface area contributed by atoms with Gasteiger partial charge in [-0.3, -0.25) is 14.9 Å². The van der Waals surface area contributed by atoms with E-state index in [0.29, 0.717) is 17.2 Å². The summed E-state index contributed by atoms with van der Waals surface area (Å²) >= 11 is 0. The molecular weight excluding hydrogens is 412 g/mol. The van der Waals surface area contributed by atoms with Crippen LogP contribution in [0, 0.1) is 73.8 Å². The summed E-state index contributed by atoms with van der Waals surface area (Å²) in [7, 11) is 0. The zero-order valence-electron chi connectivity index (χ0n) is 15.1. The molecule has 0 atom stereocenters. The number of carbonyl (C=O) groups excluding carboxylic acids is 1. The summed E-state index contributed by atoms with van der Waals surface area (Å²) in [5.41, 5.74) is 0.954. The first-order chi connectivity index (χ1) is 13.6. The van der Waals surface area contributed by atoms with E-state index in [1.54, 1.807) is 43.9 Å². The van der Waals surface area contributed by atoms with Crippen molar-refractivity contribution in [3.05, 3.63) is 116 Å². The summed E-state index contributed by atoms with van der Waals surface area (Å²) in [4.78, 5) is 26.7. The average molecular weight is 428 g/mol. The number of hydrogen-bond acceptors (Lipinski definition) is 5. The number of non-ortho nitro benzene ring substituents is 1. The smallest absolute Gasteiger partial charge is 0.292 e. The molecule has 2 aliphatic carbocycles. The molecule has 0 aliphatic heterocycles. The fraction of sp³-hybridized carbons (Fsp3) is 0. The zero-order chi connectivity index (χ0) is 19.8. The Morgan fingerprint density at radius 2 is 1.55 bits per heavy atom. The molecule has 1 aromatic heterocycles. The first-order valence-corrected chi connectivity index (χ1v) is 8.39. The molecule has 0 amide bonds. The quantitative estimate of drug-likeness (QED) is 0.316. The van der Waals surface area contributed by atoms with E-state index in [-0.39, 0.29) is 28.5 Å². The van der Waals surface area contributed by atoms with Gasteiger partial charge in [0.15, 0.2) is 5.78 Å². The molecule has 1 aromatic carbocycles. The fourth-order valence-electron chi connectivity index (χ4n) is 2.41. The van der Waals surface area contributed by atoms with E-state index in [1.807, 2.05) is 32.1 Å². The molecule has 2 aliphatic rings. The van der Waals surface area contributed by atoms with Crippen LogP contribution >= 0.6 is 0 Å². The van der Waals surface area contributed by atoms with Crippen molar-refractivity contribution in [2.75, 3.05) is 0 Å². The monoisotopic (exact) mass is 428 g/mol. The van der Waals surface area contributed by atoms with Crippen molar-refractivity contribution in [1.82, 2.24) is 14.8 Å². The molecule has 2 aromatic rings. The van der Waals surface area contributed by atoms with Gasteiger partial charge in [-0.05, 0) is 81.6 Å². The van der Waals surface area contributed by atoms with Gasteiger partial charge in [0.1, 0.15) is 18.4 Å². The number of Topliss-reactive ketones (excluding diaryl/α,β-unsaturated/α-hetero) is 1. The van der Waals surface area contributed by atoms with E-state index in [0.717, 1.165) is 0 Å². The van der Waals surface area contributed by atoms with Crippen LogP contribution in [-0.2, 0) is 21.9 Å². The van der Waals surface area contributed by atoms with Crippen molar-refractivity contribution in [3.8, 4) is 0 Å². The number of rotatable bonds is 5. The zero-order valence-corrected chi connectivity index (χ0v) is 16.2. The molecule has 4 rings (SSSR count). The Hall–Kier alpha value is -2.31. The van der Waals surface area contributed by atoms with E-state index >= 15 is 0 Å². The normalized spacial score (nSPS) is 16.6. The number of nitro groups is 1. The van der Waals surface area contributed by atoms with Crippen LogP contribution in [0.4, 0.5) is 5.69 Å². The summed E-state index contributed by atoms with van der Waals surface area (Å²) in [6, 6.07) is 5.93. The van der Waals surface area contributed by atoms with Crippen LogP contribution < -0.4 is 0 Å². The predicted molar refractivity (Wildman–Crippen MR) is 104 cm³/mol. The van der Waals surface area contributed by atoms with Gasteiger partial charge >= 0.3 is 17.1 Å². The molecule has 0 N–H and O–H groups in total. The van der Waals surface area contributed by atoms with Gasteiger partial charge in [0.25, 0.3) is 5.69 Å². The molecule has 29 heavy (non-hydrogen) atoms. The van der Waals surface area contributed by atoms with E-state index < -0.39 is 4.92 Å². The molecule has 1 heterocycles. The number of allylic oxidation sites excluding steroid dienone is 1. The van der Waals surface area contributed by atoms with Crippen molar-refractivity contribution >= 4 is 23.2 Å². The first-order valence-electron chi connectivity index (χ1n) is 8.39. The standard InChI is InChI=1S/C16H11N4O3.C5H5.Fe/c21-16(13-3-1-2-4-13)15(19-11-17-10-18-19)9-12-5-7-14(8-6-12)20(22)23;1-2-4-5-3-1;/h1-11H;1-5H;/q;;+2/b15-9+;;. The molecule has 2 saturated carbocycles. The maximum atomic E-state index is 12.6. The number of hydrogen-bond donors (Lipinski definition) is 0. The maximum absolute atomic E-state index is 12.6. The summed E-state index contributed by atoms with van der Waals surface area (Å²) in [6.07, 6.45) is 21.4. The Labute approximate surface area is 181 Å². The van der Waals surface area contributed by atoms with Gasteiger partial charge in [0.2, 0.25) is 0 Å². The Morgan fingerprint density at radius 3 is 2.03 bits per heavy atom. The minimum atomic E-state index is -0.471. The number of nitrogens with zero attached hydrogens (tertiary/aromatic N) is 4. The fourth-order valence-corrected chi connectivity index (χ4v) is 2.41. The van der Waals surface area contributed by atoms with Gasteiger partial charge in [0.05, 0.1) is 10.8 Å². The summed E-state index contributed by atoms with van der Waals surface area (Å²) < 4.78 is 1.37. The van der Waals surface area contributed by atoms with Crippen molar-refractivity contribution < 1.29 is 26.8 Å². The minimum absolute atomic E-state index is 0. The van der Waals surface area contributed by atoms with Gasteiger partial charge < -0.3 is 0 Å². The molecule has 0 spiro atoms. The summed E-state index contributed by atoms with van der Waals surface area (Å²) in [5, 5.41) is 14.7. The number of ketones is 1. The second-order valence-corrected chi connectivity index (χ2v) is 5.68. The molecule has 7 nitrogen and oxygen atoms in total. The van der Waals surface area contributed by atoms with E-state index in [4.69, 9.17) is 0 Å². The van der Waals surface area contributed by atoms with Crippen molar-refractivity contribution in [2.24, 2.45) is 0 Å². The Bertz CT molecular complexity index is 801. The Morgan fingerprint density at radius 1 is 0.966 bits per heavy atom. The SMILES string of the molecule is O=C([C]1[CH][CH][CH][CH]1)/C(=C\c1ccc([N+](=O)[O-])cc1)n1cncn1.[CH]1[CH][CH][CH][CH]1.[Fe+2]. The summed E-state index contributed by atoms with van der Waals surface area (Å²) in [5.74, 6) is 0.326. The number of carbonyl (C=O) groups is 1. The minimum Gasteiger partial charge on any atom is -0.292 e. The van der Waals surface area contributed by atoms with Gasteiger partial charge in [-0.25, -0.2) is 9.67 Å². The molecule has 10 radical (unpaired) electrons. The van der Waals surface area contributed by atoms with Gasteiger partial charge in [-0.2, -0.15) is 5.10 Å². The van der Waals surface area contributed by atoms with Crippen molar-refractivity contribution in [1.29, 1.82) is 0 Å². The van der Waals surface area contributed by atoms with Crippen LogP contribution in [0.2, 0.25) is 0 Å². The summed E-state index contributed by atoms with van der Waals surface area (Å²) in [6.45, 7) is 0. The average Bonchev–Trinajstić information content (AvgIpc) is 3.49. The third-order valence-corrected chi connectivity index (χ3v) is 3.79. The Balaban J connectivity index is 0.000000437. The van der Waals surface area contributed by atoms with Crippen LogP contribution in [0.15, 0.2) is 36.9 Å². The molecule has 0 bridgehead atoms. The van der Waals surface area contributed by atoms with Crippen LogP contribution in [0.1, 0.15) is 5.56 Å². The van der Waals surface area contributed by atoms with E-state index in [9.17, 15) is 14.9 Å². The molecular formula is C21H16FeN4O3+2. The molecule has 8 heteroatoms. The maximum Gasteiger partial charge on any atom is 2.00 e. The molecule has 144 valence electrons. The third kappa shape index (κ3) is 6.61. The van der Waals surface area contributed by atoms with Gasteiger partial charge in [-0.15, -0.1) is 0 Å². The van der Waals surface area contributed by atoms with E-state index in [2.05, 4.69) is 10.1 Å². The molecule has 0 unspecified atom stereocenters. The van der Waals surface area contributed by atoms with Crippen LogP contribution in [-0.4, -0.2) is 25.5 Å². The van der Waals surface area contributed by atoms with Gasteiger partial charge in [-0.1, -0.05) is 0 Å². The number of nitro benzene ring substituents is 1. The van der Waals surface area contributed by atoms with Crippen LogP contribution in [0.3, 0.4) is 0 Å². The third-order valence-electron chi connectivity index (χ3n) is 3.79. The van der Waals surface area contributed by atoms with Gasteiger partial charge in [0, 0.05) is 12.1 Å². The van der Waals surface area contributed by atoms with Crippen molar-refractivity contribution in [2.45, 2.75) is 0 Å². The van der Waals surface area contributed by atoms with Crippen molar-refractivity contribution in [3.63, 3.8) is 0 Å². The second kappa shape index (κ2) is 11.6. The Kier molecular flexibility index (Phi) is 9.22. The molecule has 0 saturated heterocycles. The second-order valence-electron chi connectivity index (χ2n) is 5.68. The predicted octanol–water partition coefficient (Wildman–Crippen LogP) is 3.18.